The number of aliphatic hydroxyl groups is 1. The van der Waals surface area contributed by atoms with Crippen LogP contribution in [-0.4, -0.2) is 63.4 Å². The minimum Gasteiger partial charge on any atom is -0.454 e. The molecule has 3 unspecified atom stereocenters. The zero-order valence-corrected chi connectivity index (χ0v) is 20.6. The molecule has 2 aliphatic heterocycles. The van der Waals surface area contributed by atoms with Crippen molar-refractivity contribution in [1.82, 2.24) is 9.91 Å². The molecule has 3 atom stereocenters. The number of carbonyl (C=O) groups excluding carboxylic acids is 2. The maximum absolute atomic E-state index is 14.0. The fraction of sp³-hybridized carbons (Fsp3) is 0.370. The van der Waals surface area contributed by atoms with E-state index in [0.29, 0.717) is 23.6 Å². The second kappa shape index (κ2) is 10.1. The van der Waals surface area contributed by atoms with Gasteiger partial charge in [-0.2, -0.15) is 5.10 Å². The van der Waals surface area contributed by atoms with Gasteiger partial charge in [0.2, 0.25) is 11.8 Å². The van der Waals surface area contributed by atoms with Crippen molar-refractivity contribution in [1.29, 1.82) is 0 Å². The minimum atomic E-state index is -0.883. The molecule has 5 rings (SSSR count). The molecule has 9 nitrogen and oxygen atoms in total. The van der Waals surface area contributed by atoms with Crippen LogP contribution in [-0.2, 0) is 9.59 Å². The number of hydrogen-bond donors (Lipinski definition) is 3. The Balaban J connectivity index is 1.37. The summed E-state index contributed by atoms with van der Waals surface area (Å²) >= 11 is 0. The molecule has 3 aliphatic rings. The summed E-state index contributed by atoms with van der Waals surface area (Å²) < 4.78 is 32.6. The second-order valence-electron chi connectivity index (χ2n) is 9.89. The van der Waals surface area contributed by atoms with Crippen LogP contribution in [0.5, 0.6) is 11.5 Å². The van der Waals surface area contributed by atoms with Gasteiger partial charge in [0.05, 0.1) is 18.4 Å². The lowest BCUT2D eigenvalue weighted by Gasteiger charge is -2.43. The van der Waals surface area contributed by atoms with E-state index < -0.39 is 29.6 Å². The number of piperidine rings is 1. The van der Waals surface area contributed by atoms with Crippen LogP contribution in [0.1, 0.15) is 31.2 Å². The number of benzene rings is 2. The zero-order valence-electron chi connectivity index (χ0n) is 20.6. The Morgan fingerprint density at radius 2 is 1.89 bits per heavy atom. The molecule has 5 N–H and O–H groups in total. The number of carbonyl (C=O) groups is 2. The Labute approximate surface area is 218 Å². The number of hydrogen-bond acceptors (Lipinski definition) is 7. The molecule has 38 heavy (non-hydrogen) atoms. The van der Waals surface area contributed by atoms with Crippen molar-refractivity contribution in [3.63, 3.8) is 0 Å². The van der Waals surface area contributed by atoms with Gasteiger partial charge in [-0.05, 0) is 67.6 Å². The van der Waals surface area contributed by atoms with Crippen LogP contribution in [0.2, 0.25) is 0 Å². The van der Waals surface area contributed by atoms with Crippen LogP contribution in [0.4, 0.5) is 8.78 Å². The summed E-state index contributed by atoms with van der Waals surface area (Å²) in [6, 6.07) is 9.31. The van der Waals surface area contributed by atoms with Crippen LogP contribution < -0.4 is 16.2 Å². The molecule has 1 aliphatic carbocycles. The van der Waals surface area contributed by atoms with Gasteiger partial charge in [0.1, 0.15) is 23.7 Å². The number of halogens is 2. The third kappa shape index (κ3) is 4.86. The van der Waals surface area contributed by atoms with Gasteiger partial charge in [-0.3, -0.25) is 14.6 Å². The smallest absolute Gasteiger partial charge is 0.246 e. The highest BCUT2D eigenvalue weighted by molar-refractivity contribution is 6.14. The monoisotopic (exact) mass is 525 g/mol. The van der Waals surface area contributed by atoms with E-state index >= 15 is 0 Å². The van der Waals surface area contributed by atoms with E-state index in [-0.39, 0.29) is 29.8 Å². The largest absolute Gasteiger partial charge is 0.454 e. The molecule has 2 aromatic rings. The van der Waals surface area contributed by atoms with Crippen LogP contribution in [0.25, 0.3) is 0 Å². The van der Waals surface area contributed by atoms with E-state index in [2.05, 4.69) is 0 Å². The number of primary amides is 1. The normalized spacial score (nSPS) is 24.1. The first kappa shape index (κ1) is 25.8. The number of likely N-dealkylation sites (tertiary alicyclic amines) is 1. The van der Waals surface area contributed by atoms with Gasteiger partial charge in [0.15, 0.2) is 11.6 Å². The first-order valence-electron chi connectivity index (χ1n) is 12.5. The second-order valence-corrected chi connectivity index (χ2v) is 9.89. The summed E-state index contributed by atoms with van der Waals surface area (Å²) in [5.41, 5.74) is 13.1. The summed E-state index contributed by atoms with van der Waals surface area (Å²) in [5.74, 6) is -3.03. The molecule has 2 amide bonds. The van der Waals surface area contributed by atoms with Crippen LogP contribution in [0, 0.1) is 17.6 Å². The minimum absolute atomic E-state index is 0.126. The maximum Gasteiger partial charge on any atom is 0.246 e. The Morgan fingerprint density at radius 3 is 2.53 bits per heavy atom. The van der Waals surface area contributed by atoms with Crippen molar-refractivity contribution in [3.05, 3.63) is 71.8 Å². The van der Waals surface area contributed by atoms with Crippen molar-refractivity contribution in [2.45, 2.75) is 43.4 Å². The van der Waals surface area contributed by atoms with E-state index in [1.165, 1.54) is 18.2 Å². The first-order valence-corrected chi connectivity index (χ1v) is 12.5. The summed E-state index contributed by atoms with van der Waals surface area (Å²) in [5, 5.41) is 15.5. The van der Waals surface area contributed by atoms with Crippen molar-refractivity contribution >= 4 is 17.5 Å². The lowest BCUT2D eigenvalue weighted by molar-refractivity contribution is -0.133. The summed E-state index contributed by atoms with van der Waals surface area (Å²) in [6.45, 7) is 0.171. The van der Waals surface area contributed by atoms with Crippen LogP contribution in [0.15, 0.2) is 59.7 Å². The molecular weight excluding hydrogens is 496 g/mol. The average molecular weight is 526 g/mol. The fourth-order valence-electron chi connectivity index (χ4n) is 5.33. The van der Waals surface area contributed by atoms with Gasteiger partial charge in [-0.15, -0.1) is 0 Å². The van der Waals surface area contributed by atoms with Crippen molar-refractivity contribution in [2.75, 3.05) is 13.2 Å². The highest BCUT2D eigenvalue weighted by Crippen LogP contribution is 2.49. The van der Waals surface area contributed by atoms with E-state index in [0.717, 1.165) is 37.8 Å². The molecule has 0 radical (unpaired) electrons. The van der Waals surface area contributed by atoms with Gasteiger partial charge >= 0.3 is 0 Å². The zero-order chi connectivity index (χ0) is 27.0. The van der Waals surface area contributed by atoms with Crippen LogP contribution >= 0.6 is 0 Å². The molecule has 0 aromatic heterocycles. The predicted molar refractivity (Wildman–Crippen MR) is 135 cm³/mol. The van der Waals surface area contributed by atoms with Gasteiger partial charge in [-0.1, -0.05) is 6.08 Å². The lowest BCUT2D eigenvalue weighted by atomic mass is 9.92. The summed E-state index contributed by atoms with van der Waals surface area (Å²) in [7, 11) is 0. The molecule has 200 valence electrons. The Bertz CT molecular complexity index is 1290. The van der Waals surface area contributed by atoms with Crippen molar-refractivity contribution in [3.8, 4) is 11.5 Å². The summed E-state index contributed by atoms with van der Waals surface area (Å²) in [6.07, 6.45) is 5.39. The number of aliphatic hydroxyl groups excluding tert-OH is 1. The molecular formula is C27H29F2N5O4. The maximum atomic E-state index is 14.0. The molecule has 1 spiro atoms. The number of amides is 2. The van der Waals surface area contributed by atoms with Gasteiger partial charge in [-0.25, -0.2) is 8.78 Å². The summed E-state index contributed by atoms with van der Waals surface area (Å²) in [4.78, 5) is 27.1. The molecule has 0 bridgehead atoms. The quantitative estimate of drug-likeness (QED) is 0.475. The molecule has 1 saturated heterocycles. The third-order valence-corrected chi connectivity index (χ3v) is 7.49. The average Bonchev–Trinajstić information content (AvgIpc) is 3.57. The number of hydrazone groups is 1. The highest BCUT2D eigenvalue weighted by atomic mass is 19.1. The van der Waals surface area contributed by atoms with E-state index in [9.17, 15) is 18.4 Å². The number of nitrogens with zero attached hydrogens (tertiary/aromatic N) is 3. The Kier molecular flexibility index (Phi) is 6.89. The van der Waals surface area contributed by atoms with Crippen LogP contribution in [0.3, 0.4) is 0 Å². The molecule has 2 fully saturated rings. The SMILES string of the molecule is NC(=O)C1C(c2ccc(Oc3ccc(F)cc3F)cc2)=NN(C2CCC3(CC3)N(C(=O)/C=C/CO)C2)C1N. The van der Waals surface area contributed by atoms with Gasteiger partial charge in [0, 0.05) is 24.2 Å². The number of ether oxygens (including phenoxy) is 1. The fourth-order valence-corrected chi connectivity index (χ4v) is 5.33. The van der Waals surface area contributed by atoms with E-state index in [1.807, 2.05) is 4.90 Å². The Hall–Kier alpha value is -3.83. The van der Waals surface area contributed by atoms with E-state index in [1.54, 1.807) is 29.3 Å². The number of rotatable bonds is 7. The predicted octanol–water partition coefficient (Wildman–Crippen LogP) is 2.24. The molecule has 11 heteroatoms. The van der Waals surface area contributed by atoms with Crippen molar-refractivity contribution in [2.24, 2.45) is 22.5 Å². The van der Waals surface area contributed by atoms with Gasteiger partial charge < -0.3 is 26.2 Å². The molecule has 1 saturated carbocycles. The molecule has 2 heterocycles. The van der Waals surface area contributed by atoms with Gasteiger partial charge in [0.25, 0.3) is 0 Å². The first-order chi connectivity index (χ1) is 18.2. The number of nitrogens with two attached hydrogens (primary N) is 2. The lowest BCUT2D eigenvalue weighted by Crippen LogP contribution is -2.57. The standard InChI is InChI=1S/C27H29F2N5O4/c28-17-5-8-21(20(29)14-17)38-19-6-3-16(4-7-19)24-23(26(31)37)25(30)34(32-24)18-9-10-27(11-12-27)33(15-18)22(36)2-1-13-35/h1-8,14,18,23,25,35H,9-13,15,30H2,(H2,31,37)/b2-1+. The van der Waals surface area contributed by atoms with E-state index in [4.69, 9.17) is 26.4 Å². The highest BCUT2D eigenvalue weighted by Gasteiger charge is 2.54. The Morgan fingerprint density at radius 1 is 1.16 bits per heavy atom. The topological polar surface area (TPSA) is 134 Å². The molecule has 2 aromatic carbocycles. The third-order valence-electron chi connectivity index (χ3n) is 7.49. The van der Waals surface area contributed by atoms with Crippen molar-refractivity contribution < 1.29 is 28.2 Å².